The summed E-state index contributed by atoms with van der Waals surface area (Å²) >= 11 is 17.4. The molecule has 0 aliphatic heterocycles. The Labute approximate surface area is 159 Å². The summed E-state index contributed by atoms with van der Waals surface area (Å²) < 4.78 is 10.3. The molecule has 1 unspecified atom stereocenters. The van der Waals surface area contributed by atoms with Gasteiger partial charge in [-0.15, -0.1) is 0 Å². The second-order valence-corrected chi connectivity index (χ2v) is 6.13. The number of benzene rings is 1. The molecule has 1 aromatic carbocycles. The van der Waals surface area contributed by atoms with Crippen LogP contribution in [0.4, 0.5) is 5.82 Å². The van der Waals surface area contributed by atoms with Crippen LogP contribution in [0.2, 0.25) is 15.1 Å². The van der Waals surface area contributed by atoms with Gasteiger partial charge >= 0.3 is 5.97 Å². The van der Waals surface area contributed by atoms with Crippen LogP contribution in [-0.4, -0.2) is 29.6 Å². The minimum atomic E-state index is -0.958. The predicted molar refractivity (Wildman–Crippen MR) is 95.4 cm³/mol. The van der Waals surface area contributed by atoms with E-state index in [0.717, 1.165) is 0 Å². The molecule has 25 heavy (non-hydrogen) atoms. The number of ether oxygens (including phenoxy) is 2. The summed E-state index contributed by atoms with van der Waals surface area (Å²) in [5.41, 5.74) is 0. The van der Waals surface area contributed by atoms with Crippen LogP contribution in [0.25, 0.3) is 0 Å². The Kier molecular flexibility index (Phi) is 6.87. The van der Waals surface area contributed by atoms with Crippen LogP contribution in [0, 0.1) is 0 Å². The second-order valence-electron chi connectivity index (χ2n) is 4.85. The average molecular weight is 404 g/mol. The third-order valence-electron chi connectivity index (χ3n) is 2.87. The molecule has 0 bridgehead atoms. The fourth-order valence-electron chi connectivity index (χ4n) is 1.69. The number of esters is 1. The molecule has 1 heterocycles. The summed E-state index contributed by atoms with van der Waals surface area (Å²) in [6.45, 7) is 0.997. The summed E-state index contributed by atoms with van der Waals surface area (Å²) in [6.07, 6.45) is 0.426. The number of nitrogens with one attached hydrogen (secondary N) is 1. The molecule has 0 aliphatic carbocycles. The first-order chi connectivity index (χ1) is 11.8. The second kappa shape index (κ2) is 8.89. The SMILES string of the molecule is CC(Oc1ccc(Cl)cc1Cl)C(=O)OCC(=O)Nc1ccc(Cl)cn1. The molecule has 0 saturated carbocycles. The molecule has 1 aromatic heterocycles. The van der Waals surface area contributed by atoms with E-state index in [2.05, 4.69) is 10.3 Å². The van der Waals surface area contributed by atoms with Crippen LogP contribution in [0.3, 0.4) is 0 Å². The molecule has 6 nitrogen and oxygen atoms in total. The van der Waals surface area contributed by atoms with Crippen LogP contribution in [0.5, 0.6) is 5.75 Å². The summed E-state index contributed by atoms with van der Waals surface area (Å²) in [5.74, 6) is -0.682. The number of carbonyl (C=O) groups excluding carboxylic acids is 2. The molecule has 132 valence electrons. The Balaban J connectivity index is 1.82. The fourth-order valence-corrected chi connectivity index (χ4v) is 2.26. The van der Waals surface area contributed by atoms with Crippen molar-refractivity contribution in [3.05, 3.63) is 51.6 Å². The molecule has 0 saturated heterocycles. The van der Waals surface area contributed by atoms with E-state index < -0.39 is 24.6 Å². The molecule has 1 N–H and O–H groups in total. The van der Waals surface area contributed by atoms with Gasteiger partial charge in [0.1, 0.15) is 11.6 Å². The zero-order valence-corrected chi connectivity index (χ0v) is 15.2. The van der Waals surface area contributed by atoms with E-state index >= 15 is 0 Å². The summed E-state index contributed by atoms with van der Waals surface area (Å²) in [5, 5.41) is 3.61. The van der Waals surface area contributed by atoms with Crippen molar-refractivity contribution in [2.45, 2.75) is 13.0 Å². The highest BCUT2D eigenvalue weighted by Crippen LogP contribution is 2.28. The Bertz CT molecular complexity index is 768. The molecular formula is C16H13Cl3N2O4. The molecule has 0 spiro atoms. The van der Waals surface area contributed by atoms with E-state index in [1.54, 1.807) is 12.1 Å². The summed E-state index contributed by atoms with van der Waals surface area (Å²) in [7, 11) is 0. The van der Waals surface area contributed by atoms with Gasteiger partial charge in [0.05, 0.1) is 10.0 Å². The van der Waals surface area contributed by atoms with E-state index in [1.807, 2.05) is 0 Å². The van der Waals surface area contributed by atoms with Crippen molar-refractivity contribution in [2.24, 2.45) is 0 Å². The topological polar surface area (TPSA) is 77.5 Å². The lowest BCUT2D eigenvalue weighted by Gasteiger charge is -2.15. The zero-order chi connectivity index (χ0) is 18.4. The van der Waals surface area contributed by atoms with Gasteiger partial charge in [0.2, 0.25) is 0 Å². The van der Waals surface area contributed by atoms with Gasteiger partial charge in [-0.05, 0) is 37.3 Å². The van der Waals surface area contributed by atoms with Gasteiger partial charge in [0.25, 0.3) is 5.91 Å². The molecule has 9 heteroatoms. The van der Waals surface area contributed by atoms with Crippen molar-refractivity contribution in [1.82, 2.24) is 4.98 Å². The van der Waals surface area contributed by atoms with Crippen molar-refractivity contribution in [3.63, 3.8) is 0 Å². The number of anilines is 1. The Morgan fingerprint density at radius 3 is 2.52 bits per heavy atom. The molecule has 0 aliphatic rings. The van der Waals surface area contributed by atoms with Crippen LogP contribution >= 0.6 is 34.8 Å². The Hall–Kier alpha value is -2.02. The number of aromatic nitrogens is 1. The standard InChI is InChI=1S/C16H13Cl3N2O4/c1-9(25-13-4-2-10(17)6-12(13)19)16(23)24-8-15(22)21-14-5-3-11(18)7-20-14/h2-7,9H,8H2,1H3,(H,20,21,22). The van der Waals surface area contributed by atoms with Crippen LogP contribution in [-0.2, 0) is 14.3 Å². The third-order valence-corrected chi connectivity index (χ3v) is 3.62. The number of hydrogen-bond acceptors (Lipinski definition) is 5. The Morgan fingerprint density at radius 2 is 1.88 bits per heavy atom. The molecular weight excluding hydrogens is 391 g/mol. The molecule has 2 rings (SSSR count). The number of halogens is 3. The first-order valence-electron chi connectivity index (χ1n) is 7.05. The van der Waals surface area contributed by atoms with Crippen molar-refractivity contribution < 1.29 is 19.1 Å². The number of carbonyl (C=O) groups is 2. The molecule has 1 atom stereocenters. The van der Waals surface area contributed by atoms with E-state index in [0.29, 0.717) is 15.9 Å². The maximum Gasteiger partial charge on any atom is 0.347 e. The number of nitrogens with zero attached hydrogens (tertiary/aromatic N) is 1. The van der Waals surface area contributed by atoms with Gasteiger partial charge in [-0.25, -0.2) is 9.78 Å². The van der Waals surface area contributed by atoms with Crippen LogP contribution in [0.15, 0.2) is 36.5 Å². The maximum atomic E-state index is 11.9. The molecule has 2 aromatic rings. The van der Waals surface area contributed by atoms with E-state index in [4.69, 9.17) is 44.3 Å². The minimum absolute atomic E-state index is 0.263. The highest BCUT2D eigenvalue weighted by molar-refractivity contribution is 6.35. The fraction of sp³-hybridized carbons (Fsp3) is 0.188. The quantitative estimate of drug-likeness (QED) is 0.738. The lowest BCUT2D eigenvalue weighted by Crippen LogP contribution is -2.30. The highest BCUT2D eigenvalue weighted by Gasteiger charge is 2.19. The molecule has 1 amide bonds. The van der Waals surface area contributed by atoms with Gasteiger partial charge in [-0.3, -0.25) is 4.79 Å². The van der Waals surface area contributed by atoms with Crippen LogP contribution in [0.1, 0.15) is 6.92 Å². The van der Waals surface area contributed by atoms with Gasteiger partial charge in [0, 0.05) is 11.2 Å². The van der Waals surface area contributed by atoms with Crippen LogP contribution < -0.4 is 10.1 Å². The number of hydrogen-bond donors (Lipinski definition) is 1. The summed E-state index contributed by atoms with van der Waals surface area (Å²) in [6, 6.07) is 7.70. The predicted octanol–water partition coefficient (Wildman–Crippen LogP) is 3.99. The van der Waals surface area contributed by atoms with E-state index in [-0.39, 0.29) is 10.8 Å². The lowest BCUT2D eigenvalue weighted by molar-refractivity contribution is -0.153. The first-order valence-corrected chi connectivity index (χ1v) is 8.18. The average Bonchev–Trinajstić information content (AvgIpc) is 2.57. The summed E-state index contributed by atoms with van der Waals surface area (Å²) in [4.78, 5) is 27.5. The first kappa shape index (κ1) is 19.3. The molecule has 0 fully saturated rings. The van der Waals surface area contributed by atoms with Crippen molar-refractivity contribution >= 4 is 52.5 Å². The van der Waals surface area contributed by atoms with Gasteiger partial charge in [-0.2, -0.15) is 0 Å². The normalized spacial score (nSPS) is 11.5. The van der Waals surface area contributed by atoms with Crippen molar-refractivity contribution in [2.75, 3.05) is 11.9 Å². The van der Waals surface area contributed by atoms with Gasteiger partial charge in [0.15, 0.2) is 12.7 Å². The van der Waals surface area contributed by atoms with Crippen molar-refractivity contribution in [1.29, 1.82) is 0 Å². The molecule has 0 radical (unpaired) electrons. The highest BCUT2D eigenvalue weighted by atomic mass is 35.5. The number of pyridine rings is 1. The lowest BCUT2D eigenvalue weighted by atomic mass is 10.3. The van der Waals surface area contributed by atoms with Gasteiger partial charge < -0.3 is 14.8 Å². The third kappa shape index (κ3) is 6.08. The monoisotopic (exact) mass is 402 g/mol. The van der Waals surface area contributed by atoms with Crippen molar-refractivity contribution in [3.8, 4) is 5.75 Å². The Morgan fingerprint density at radius 1 is 1.16 bits per heavy atom. The van der Waals surface area contributed by atoms with Gasteiger partial charge in [-0.1, -0.05) is 34.8 Å². The smallest absolute Gasteiger partial charge is 0.347 e. The van der Waals surface area contributed by atoms with E-state index in [9.17, 15) is 9.59 Å². The number of amides is 1. The van der Waals surface area contributed by atoms with E-state index in [1.165, 1.54) is 31.3 Å². The largest absolute Gasteiger partial charge is 0.477 e. The minimum Gasteiger partial charge on any atom is -0.477 e. The number of rotatable bonds is 6. The maximum absolute atomic E-state index is 11.9. The zero-order valence-electron chi connectivity index (χ0n) is 13.0.